The maximum Gasteiger partial charge on any atom is 0.245 e. The van der Waals surface area contributed by atoms with Crippen LogP contribution in [0.25, 0.3) is 0 Å². The number of carbonyl (C=O) groups excluding carboxylic acids is 1. The Hall–Kier alpha value is -2.63. The minimum absolute atomic E-state index is 0.0268. The van der Waals surface area contributed by atoms with Crippen molar-refractivity contribution in [3.8, 4) is 5.75 Å². The van der Waals surface area contributed by atoms with Gasteiger partial charge in [-0.15, -0.1) is 0 Å². The van der Waals surface area contributed by atoms with Crippen LogP contribution in [0.1, 0.15) is 27.7 Å². The SMILES string of the molecule is CCN(CC)S(=O)(=O)c1ccc(NC(=O)CN(c2ccc(OC(C)C)cc2)S(C)(=O)=O)cc1. The van der Waals surface area contributed by atoms with E-state index in [1.165, 1.54) is 28.6 Å². The number of amides is 1. The standard InChI is InChI=1S/C22H31N3O6S2/c1-6-24(7-2)33(29,30)21-14-8-18(9-15-21)23-22(26)16-25(32(5,27)28)19-10-12-20(13-11-19)31-17(3)4/h8-15,17H,6-7,16H2,1-5H3,(H,23,26). The summed E-state index contributed by atoms with van der Waals surface area (Å²) in [5.41, 5.74) is 0.678. The Balaban J connectivity index is 2.15. The Kier molecular flexibility index (Phi) is 8.87. The van der Waals surface area contributed by atoms with Crippen LogP contribution in [-0.4, -0.2) is 59.0 Å². The van der Waals surface area contributed by atoms with Gasteiger partial charge in [0.1, 0.15) is 12.3 Å². The number of benzene rings is 2. The zero-order valence-electron chi connectivity index (χ0n) is 19.5. The van der Waals surface area contributed by atoms with Crippen molar-refractivity contribution >= 4 is 37.3 Å². The molecule has 0 saturated heterocycles. The molecule has 0 radical (unpaired) electrons. The summed E-state index contributed by atoms with van der Waals surface area (Å²) in [6.07, 6.45) is 0.993. The van der Waals surface area contributed by atoms with E-state index in [4.69, 9.17) is 4.74 Å². The number of nitrogens with zero attached hydrogens (tertiary/aromatic N) is 2. The summed E-state index contributed by atoms with van der Waals surface area (Å²) in [5, 5.41) is 2.61. The highest BCUT2D eigenvalue weighted by Crippen LogP contribution is 2.23. The molecule has 0 aromatic heterocycles. The van der Waals surface area contributed by atoms with Gasteiger partial charge in [0.25, 0.3) is 0 Å². The van der Waals surface area contributed by atoms with Crippen molar-refractivity contribution in [3.63, 3.8) is 0 Å². The molecule has 1 N–H and O–H groups in total. The molecule has 2 rings (SSSR count). The molecule has 0 saturated carbocycles. The fraction of sp³-hybridized carbons (Fsp3) is 0.409. The number of carbonyl (C=O) groups is 1. The van der Waals surface area contributed by atoms with E-state index in [9.17, 15) is 21.6 Å². The summed E-state index contributed by atoms with van der Waals surface area (Å²) in [5.74, 6) is 0.0219. The molecule has 182 valence electrons. The van der Waals surface area contributed by atoms with Crippen molar-refractivity contribution < 1.29 is 26.4 Å². The molecule has 0 spiro atoms. The topological polar surface area (TPSA) is 113 Å². The van der Waals surface area contributed by atoms with Crippen LogP contribution in [0.15, 0.2) is 53.4 Å². The van der Waals surface area contributed by atoms with Gasteiger partial charge < -0.3 is 10.1 Å². The molecule has 33 heavy (non-hydrogen) atoms. The predicted octanol–water partition coefficient (Wildman–Crippen LogP) is 2.91. The Bertz CT molecular complexity index is 1140. The Morgan fingerprint density at radius 2 is 1.48 bits per heavy atom. The van der Waals surface area contributed by atoms with Crippen molar-refractivity contribution in [2.75, 3.05) is 35.5 Å². The largest absolute Gasteiger partial charge is 0.491 e. The van der Waals surface area contributed by atoms with E-state index >= 15 is 0 Å². The maximum absolute atomic E-state index is 12.6. The second-order valence-corrected chi connectivity index (χ2v) is 11.4. The third kappa shape index (κ3) is 7.18. The number of rotatable bonds is 11. The predicted molar refractivity (Wildman–Crippen MR) is 130 cm³/mol. The normalized spacial score (nSPS) is 12.1. The highest BCUT2D eigenvalue weighted by Gasteiger charge is 2.23. The first-order chi connectivity index (χ1) is 15.4. The number of hydrogen-bond acceptors (Lipinski definition) is 6. The van der Waals surface area contributed by atoms with Crippen LogP contribution in [0.2, 0.25) is 0 Å². The summed E-state index contributed by atoms with van der Waals surface area (Å²) >= 11 is 0. The van der Waals surface area contributed by atoms with Crippen molar-refractivity contribution in [1.82, 2.24) is 4.31 Å². The van der Waals surface area contributed by atoms with Crippen molar-refractivity contribution in [2.24, 2.45) is 0 Å². The monoisotopic (exact) mass is 497 g/mol. The van der Waals surface area contributed by atoms with Crippen molar-refractivity contribution in [2.45, 2.75) is 38.7 Å². The lowest BCUT2D eigenvalue weighted by Gasteiger charge is -2.22. The van der Waals surface area contributed by atoms with Gasteiger partial charge >= 0.3 is 0 Å². The summed E-state index contributed by atoms with van der Waals surface area (Å²) < 4.78 is 57.6. The van der Waals surface area contributed by atoms with Gasteiger partial charge in [-0.2, -0.15) is 4.31 Å². The molecule has 0 aliphatic heterocycles. The van der Waals surface area contributed by atoms with Crippen LogP contribution in [-0.2, 0) is 24.8 Å². The van der Waals surface area contributed by atoms with Crippen molar-refractivity contribution in [3.05, 3.63) is 48.5 Å². The van der Waals surface area contributed by atoms with E-state index in [1.54, 1.807) is 38.1 Å². The van der Waals surface area contributed by atoms with Gasteiger partial charge in [0, 0.05) is 18.8 Å². The summed E-state index contributed by atoms with van der Waals surface area (Å²) in [6.45, 7) is 7.54. The Labute approximate surface area is 196 Å². The molecule has 0 heterocycles. The van der Waals surface area contributed by atoms with Crippen LogP contribution < -0.4 is 14.4 Å². The first kappa shape index (κ1) is 26.6. The van der Waals surface area contributed by atoms with E-state index in [-0.39, 0.29) is 11.0 Å². The molecule has 0 atom stereocenters. The zero-order chi connectivity index (χ0) is 24.8. The average Bonchev–Trinajstić information content (AvgIpc) is 2.72. The molecule has 0 aliphatic carbocycles. The third-order valence-electron chi connectivity index (χ3n) is 4.67. The number of anilines is 2. The van der Waals surface area contributed by atoms with Gasteiger partial charge in [0.05, 0.1) is 22.9 Å². The van der Waals surface area contributed by atoms with Crippen LogP contribution in [0.5, 0.6) is 5.75 Å². The highest BCUT2D eigenvalue weighted by molar-refractivity contribution is 7.92. The summed E-state index contributed by atoms with van der Waals surface area (Å²) in [7, 11) is -7.35. The van der Waals surface area contributed by atoms with Crippen LogP contribution >= 0.6 is 0 Å². The van der Waals surface area contributed by atoms with Crippen LogP contribution in [0, 0.1) is 0 Å². The molecule has 2 aromatic carbocycles. The number of sulfonamides is 2. The van der Waals surface area contributed by atoms with E-state index in [0.717, 1.165) is 10.6 Å². The second-order valence-electron chi connectivity index (χ2n) is 7.59. The fourth-order valence-electron chi connectivity index (χ4n) is 3.12. The minimum atomic E-state index is -3.74. The fourth-order valence-corrected chi connectivity index (χ4v) is 5.43. The van der Waals surface area contributed by atoms with Gasteiger partial charge in [-0.25, -0.2) is 16.8 Å². The van der Waals surface area contributed by atoms with Crippen LogP contribution in [0.4, 0.5) is 11.4 Å². The Morgan fingerprint density at radius 3 is 1.94 bits per heavy atom. The first-order valence-corrected chi connectivity index (χ1v) is 13.8. The Morgan fingerprint density at radius 1 is 0.939 bits per heavy atom. The van der Waals surface area contributed by atoms with E-state index in [2.05, 4.69) is 5.32 Å². The summed E-state index contributed by atoms with van der Waals surface area (Å²) in [4.78, 5) is 12.7. The number of ether oxygens (including phenoxy) is 1. The van der Waals surface area contributed by atoms with Gasteiger partial charge in [0.2, 0.25) is 26.0 Å². The number of hydrogen-bond donors (Lipinski definition) is 1. The second kappa shape index (κ2) is 11.0. The van der Waals surface area contributed by atoms with E-state index in [1.807, 2.05) is 13.8 Å². The first-order valence-electron chi connectivity index (χ1n) is 10.5. The molecule has 0 bridgehead atoms. The maximum atomic E-state index is 12.6. The lowest BCUT2D eigenvalue weighted by atomic mass is 10.3. The zero-order valence-corrected chi connectivity index (χ0v) is 21.1. The summed E-state index contributed by atoms with van der Waals surface area (Å²) in [6, 6.07) is 12.2. The van der Waals surface area contributed by atoms with Gasteiger partial charge in [-0.3, -0.25) is 9.10 Å². The molecular formula is C22H31N3O6S2. The molecule has 1 amide bonds. The third-order valence-corrected chi connectivity index (χ3v) is 7.87. The lowest BCUT2D eigenvalue weighted by molar-refractivity contribution is -0.114. The smallest absolute Gasteiger partial charge is 0.245 e. The molecule has 2 aromatic rings. The van der Waals surface area contributed by atoms with Crippen LogP contribution in [0.3, 0.4) is 0 Å². The molecule has 0 unspecified atom stereocenters. The molecule has 0 aliphatic rings. The molecular weight excluding hydrogens is 466 g/mol. The molecule has 9 nitrogen and oxygen atoms in total. The van der Waals surface area contributed by atoms with E-state index < -0.39 is 32.5 Å². The minimum Gasteiger partial charge on any atom is -0.491 e. The van der Waals surface area contributed by atoms with Gasteiger partial charge in [-0.1, -0.05) is 13.8 Å². The average molecular weight is 498 g/mol. The molecule has 0 fully saturated rings. The van der Waals surface area contributed by atoms with E-state index in [0.29, 0.717) is 30.2 Å². The number of nitrogens with one attached hydrogen (secondary N) is 1. The molecule has 11 heteroatoms. The van der Waals surface area contributed by atoms with Gasteiger partial charge in [0.15, 0.2) is 0 Å². The highest BCUT2D eigenvalue weighted by atomic mass is 32.2. The van der Waals surface area contributed by atoms with Crippen molar-refractivity contribution in [1.29, 1.82) is 0 Å². The van der Waals surface area contributed by atoms with Gasteiger partial charge in [-0.05, 0) is 62.4 Å². The lowest BCUT2D eigenvalue weighted by Crippen LogP contribution is -2.37. The quantitative estimate of drug-likeness (QED) is 0.511.